The van der Waals surface area contributed by atoms with E-state index in [1.807, 2.05) is 20.8 Å². The van der Waals surface area contributed by atoms with Crippen molar-refractivity contribution in [1.29, 1.82) is 0 Å². The molecule has 0 N–H and O–H groups in total. The molecule has 0 spiro atoms. The van der Waals surface area contributed by atoms with Crippen LogP contribution in [0, 0.1) is 10.8 Å². The summed E-state index contributed by atoms with van der Waals surface area (Å²) in [5.74, 6) is -0.751. The molecule has 1 aliphatic carbocycles. The van der Waals surface area contributed by atoms with E-state index in [1.165, 1.54) is 6.42 Å². The van der Waals surface area contributed by atoms with Crippen LogP contribution >= 0.6 is 0 Å². The number of hydrogen-bond acceptors (Lipinski definition) is 4. The van der Waals surface area contributed by atoms with Crippen LogP contribution in [0.3, 0.4) is 0 Å². The molecule has 140 valence electrons. The van der Waals surface area contributed by atoms with E-state index in [4.69, 9.17) is 9.47 Å². The van der Waals surface area contributed by atoms with Crippen molar-refractivity contribution in [3.63, 3.8) is 0 Å². The maximum absolute atomic E-state index is 12.4. The van der Waals surface area contributed by atoms with Gasteiger partial charge in [0.05, 0.1) is 5.41 Å². The summed E-state index contributed by atoms with van der Waals surface area (Å²) in [7, 11) is 0. The van der Waals surface area contributed by atoms with E-state index < -0.39 is 17.0 Å². The van der Waals surface area contributed by atoms with E-state index in [2.05, 4.69) is 20.8 Å². The van der Waals surface area contributed by atoms with Crippen LogP contribution in [0.4, 0.5) is 0 Å². The Kier molecular flexibility index (Phi) is 7.30. The number of carbonyl (C=O) groups is 2. The molecule has 1 saturated carbocycles. The highest BCUT2D eigenvalue weighted by Gasteiger charge is 2.49. The van der Waals surface area contributed by atoms with Gasteiger partial charge < -0.3 is 9.47 Å². The molecule has 0 radical (unpaired) electrons. The van der Waals surface area contributed by atoms with Gasteiger partial charge in [-0.1, -0.05) is 34.1 Å². The molecule has 0 bridgehead atoms. The lowest BCUT2D eigenvalue weighted by atomic mass is 9.63. The number of esters is 2. The minimum Gasteiger partial charge on any atom is -0.456 e. The van der Waals surface area contributed by atoms with E-state index in [-0.39, 0.29) is 18.0 Å². The summed E-state index contributed by atoms with van der Waals surface area (Å²) in [5.41, 5.74) is -1.02. The van der Waals surface area contributed by atoms with Gasteiger partial charge in [0.1, 0.15) is 5.60 Å². The Morgan fingerprint density at radius 1 is 0.917 bits per heavy atom. The highest BCUT2D eigenvalue weighted by Crippen LogP contribution is 2.49. The van der Waals surface area contributed by atoms with Crippen molar-refractivity contribution in [3.05, 3.63) is 0 Å². The fourth-order valence-electron chi connectivity index (χ4n) is 3.56. The molecule has 4 heteroatoms. The molecule has 0 aliphatic heterocycles. The van der Waals surface area contributed by atoms with E-state index in [0.29, 0.717) is 6.42 Å². The standard InChI is InChI=1S/C20H36O4/c1-7-18(4,5)17(22)23-15-16(21)24-20(13-11-10-12-14-20)19(6,8-2)9-3/h7-15H2,1-6H3. The zero-order valence-electron chi connectivity index (χ0n) is 16.5. The summed E-state index contributed by atoms with van der Waals surface area (Å²) in [5, 5.41) is 0. The Morgan fingerprint density at radius 3 is 1.92 bits per heavy atom. The summed E-state index contributed by atoms with van der Waals surface area (Å²) in [6, 6.07) is 0. The minimum atomic E-state index is -0.565. The molecule has 0 saturated heterocycles. The predicted molar refractivity (Wildman–Crippen MR) is 95.6 cm³/mol. The molecule has 1 fully saturated rings. The molecule has 0 aromatic carbocycles. The summed E-state index contributed by atoms with van der Waals surface area (Å²) in [4.78, 5) is 24.5. The molecule has 4 nitrogen and oxygen atoms in total. The number of rotatable bonds is 8. The third kappa shape index (κ3) is 4.52. The Labute approximate surface area is 147 Å². The van der Waals surface area contributed by atoms with E-state index in [1.54, 1.807) is 0 Å². The van der Waals surface area contributed by atoms with Crippen molar-refractivity contribution in [1.82, 2.24) is 0 Å². The zero-order valence-corrected chi connectivity index (χ0v) is 16.5. The van der Waals surface area contributed by atoms with Crippen LogP contribution < -0.4 is 0 Å². The smallest absolute Gasteiger partial charge is 0.344 e. The van der Waals surface area contributed by atoms with Gasteiger partial charge in [0, 0.05) is 5.41 Å². The van der Waals surface area contributed by atoms with Crippen molar-refractivity contribution < 1.29 is 19.1 Å². The van der Waals surface area contributed by atoms with Gasteiger partial charge in [0.25, 0.3) is 0 Å². The van der Waals surface area contributed by atoms with Crippen molar-refractivity contribution in [3.8, 4) is 0 Å². The zero-order chi connectivity index (χ0) is 18.4. The molecule has 0 aromatic rings. The van der Waals surface area contributed by atoms with Gasteiger partial charge in [-0.2, -0.15) is 0 Å². The Hall–Kier alpha value is -1.06. The number of carbonyl (C=O) groups excluding carboxylic acids is 2. The van der Waals surface area contributed by atoms with E-state index in [0.717, 1.165) is 38.5 Å². The molecule has 0 amide bonds. The second-order valence-electron chi connectivity index (χ2n) is 8.11. The summed E-state index contributed by atoms with van der Waals surface area (Å²) >= 11 is 0. The van der Waals surface area contributed by atoms with Crippen LogP contribution in [0.15, 0.2) is 0 Å². The maximum atomic E-state index is 12.4. The monoisotopic (exact) mass is 340 g/mol. The Bertz CT molecular complexity index is 429. The van der Waals surface area contributed by atoms with Crippen molar-refractivity contribution >= 4 is 11.9 Å². The SMILES string of the molecule is CCC(C)(C)C(=O)OCC(=O)OC1(C(C)(CC)CC)CCCCC1. The fourth-order valence-corrected chi connectivity index (χ4v) is 3.56. The third-order valence-corrected chi connectivity index (χ3v) is 6.39. The van der Waals surface area contributed by atoms with Gasteiger partial charge in [-0.25, -0.2) is 4.79 Å². The van der Waals surface area contributed by atoms with E-state index >= 15 is 0 Å². The highest BCUT2D eigenvalue weighted by molar-refractivity contribution is 5.80. The van der Waals surface area contributed by atoms with Gasteiger partial charge in [0.2, 0.25) is 0 Å². The average molecular weight is 341 g/mol. The minimum absolute atomic E-state index is 0.0320. The predicted octanol–water partition coefficient (Wildman–Crippen LogP) is 5.04. The summed E-state index contributed by atoms with van der Waals surface area (Å²) in [6.45, 7) is 11.9. The first-order valence-electron chi connectivity index (χ1n) is 9.55. The van der Waals surface area contributed by atoms with Gasteiger partial charge in [-0.05, 0) is 58.8 Å². The molecule has 0 aromatic heterocycles. The maximum Gasteiger partial charge on any atom is 0.344 e. The van der Waals surface area contributed by atoms with Crippen molar-refractivity contribution in [2.45, 2.75) is 98.5 Å². The number of hydrogen-bond donors (Lipinski definition) is 0. The molecule has 1 rings (SSSR count). The summed E-state index contributed by atoms with van der Waals surface area (Å²) < 4.78 is 11.2. The molecule has 1 aliphatic rings. The second-order valence-corrected chi connectivity index (χ2v) is 8.11. The lowest BCUT2D eigenvalue weighted by Gasteiger charge is -2.49. The average Bonchev–Trinajstić information content (AvgIpc) is 2.59. The third-order valence-electron chi connectivity index (χ3n) is 6.39. The normalized spacial score (nSPS) is 18.1. The van der Waals surface area contributed by atoms with Crippen molar-refractivity contribution in [2.75, 3.05) is 6.61 Å². The fraction of sp³-hybridized carbons (Fsp3) is 0.900. The molecule has 0 atom stereocenters. The largest absolute Gasteiger partial charge is 0.456 e. The van der Waals surface area contributed by atoms with Crippen LogP contribution in [0.2, 0.25) is 0 Å². The molecule has 24 heavy (non-hydrogen) atoms. The first-order valence-corrected chi connectivity index (χ1v) is 9.55. The van der Waals surface area contributed by atoms with Crippen LogP contribution in [0.25, 0.3) is 0 Å². The van der Waals surface area contributed by atoms with Crippen LogP contribution in [-0.2, 0) is 19.1 Å². The van der Waals surface area contributed by atoms with Gasteiger partial charge >= 0.3 is 11.9 Å². The van der Waals surface area contributed by atoms with Gasteiger partial charge in [-0.3, -0.25) is 4.79 Å². The van der Waals surface area contributed by atoms with E-state index in [9.17, 15) is 9.59 Å². The summed E-state index contributed by atoms with van der Waals surface area (Å²) in [6.07, 6.45) is 7.81. The topological polar surface area (TPSA) is 52.6 Å². The lowest BCUT2D eigenvalue weighted by Crippen LogP contribution is -2.51. The first kappa shape index (κ1) is 21.0. The van der Waals surface area contributed by atoms with Crippen LogP contribution in [-0.4, -0.2) is 24.1 Å². The molecular formula is C20H36O4. The van der Waals surface area contributed by atoms with Crippen LogP contribution in [0.1, 0.15) is 92.9 Å². The molecular weight excluding hydrogens is 304 g/mol. The molecule has 0 unspecified atom stereocenters. The Morgan fingerprint density at radius 2 is 1.46 bits per heavy atom. The van der Waals surface area contributed by atoms with Crippen molar-refractivity contribution in [2.24, 2.45) is 10.8 Å². The molecule has 0 heterocycles. The highest BCUT2D eigenvalue weighted by atomic mass is 16.6. The van der Waals surface area contributed by atoms with Gasteiger partial charge in [-0.15, -0.1) is 0 Å². The quantitative estimate of drug-likeness (QED) is 0.581. The van der Waals surface area contributed by atoms with Crippen LogP contribution in [0.5, 0.6) is 0 Å². The first-order chi connectivity index (χ1) is 11.2. The Balaban J connectivity index is 2.77. The van der Waals surface area contributed by atoms with Gasteiger partial charge in [0.15, 0.2) is 6.61 Å². The number of ether oxygens (including phenoxy) is 2. The second kappa shape index (κ2) is 8.35. The lowest BCUT2D eigenvalue weighted by molar-refractivity contribution is -0.192.